The largest absolute Gasteiger partial charge is 0.491 e. The molecule has 4 aliphatic rings. The zero-order chi connectivity index (χ0) is 35.2. The second-order valence-corrected chi connectivity index (χ2v) is 15.5. The molecule has 5 N–H and O–H groups in total. The Morgan fingerprint density at radius 2 is 1.57 bits per heavy atom. The highest BCUT2D eigenvalue weighted by molar-refractivity contribution is 7.87. The first-order chi connectivity index (χ1) is 23.3. The van der Waals surface area contributed by atoms with E-state index in [1.807, 2.05) is 44.2 Å². The van der Waals surface area contributed by atoms with Crippen LogP contribution in [0.4, 0.5) is 0 Å². The van der Waals surface area contributed by atoms with E-state index < -0.39 is 51.6 Å². The fraction of sp³-hybridized carbons (Fsp3) is 0.543. The second-order valence-electron chi connectivity index (χ2n) is 13.8. The number of hydrogen-bond acceptors (Lipinski definition) is 7. The molecule has 0 radical (unpaired) electrons. The normalized spacial score (nSPS) is 25.6. The maximum absolute atomic E-state index is 13.8. The van der Waals surface area contributed by atoms with Crippen molar-refractivity contribution in [1.82, 2.24) is 30.3 Å². The molecule has 1 spiro atoms. The Bertz CT molecular complexity index is 1590. The molecule has 3 heterocycles. The van der Waals surface area contributed by atoms with Gasteiger partial charge in [0.1, 0.15) is 36.0 Å². The number of carbonyl (C=O) groups is 4. The van der Waals surface area contributed by atoms with Gasteiger partial charge in [-0.2, -0.15) is 17.4 Å². The molecule has 14 heteroatoms. The molecule has 3 aliphatic heterocycles. The van der Waals surface area contributed by atoms with Crippen molar-refractivity contribution >= 4 is 33.8 Å². The number of nitrogens with one attached hydrogen (secondary N) is 5. The lowest BCUT2D eigenvalue weighted by atomic mass is 10.0. The van der Waals surface area contributed by atoms with Gasteiger partial charge in [0.25, 0.3) is 10.2 Å². The van der Waals surface area contributed by atoms with E-state index in [2.05, 4.69) is 26.0 Å². The topological polar surface area (TPSA) is 175 Å². The lowest BCUT2D eigenvalue weighted by Gasteiger charge is -2.28. The number of fused-ring (bicyclic) bond motifs is 15. The summed E-state index contributed by atoms with van der Waals surface area (Å²) < 4.78 is 36.4. The molecule has 2 aromatic carbocycles. The van der Waals surface area contributed by atoms with Gasteiger partial charge in [-0.3, -0.25) is 19.2 Å². The maximum atomic E-state index is 13.8. The van der Waals surface area contributed by atoms with Crippen molar-refractivity contribution in [1.29, 1.82) is 0 Å². The van der Waals surface area contributed by atoms with E-state index in [0.29, 0.717) is 43.7 Å². The molecule has 1 aliphatic carbocycles. The number of carbonyl (C=O) groups excluding carboxylic acids is 4. The van der Waals surface area contributed by atoms with Gasteiger partial charge in [0.05, 0.1) is 6.04 Å². The molecule has 0 unspecified atom stereocenters. The molecule has 13 nitrogen and oxygen atoms in total. The van der Waals surface area contributed by atoms with E-state index in [-0.39, 0.29) is 37.3 Å². The van der Waals surface area contributed by atoms with Gasteiger partial charge >= 0.3 is 0 Å². The molecule has 4 atom stereocenters. The van der Waals surface area contributed by atoms with E-state index in [4.69, 9.17) is 4.74 Å². The Hall–Kier alpha value is -4.01. The minimum Gasteiger partial charge on any atom is -0.491 e. The minimum atomic E-state index is -3.97. The van der Waals surface area contributed by atoms with Crippen molar-refractivity contribution in [2.24, 2.45) is 5.92 Å². The van der Waals surface area contributed by atoms with Crippen LogP contribution in [-0.4, -0.2) is 85.8 Å². The number of hydrogen-bond donors (Lipinski definition) is 5. The van der Waals surface area contributed by atoms with Crippen molar-refractivity contribution < 1.29 is 32.3 Å². The van der Waals surface area contributed by atoms with Crippen LogP contribution >= 0.6 is 0 Å². The van der Waals surface area contributed by atoms with Gasteiger partial charge in [-0.15, -0.1) is 0 Å². The Morgan fingerprint density at radius 3 is 2.20 bits per heavy atom. The van der Waals surface area contributed by atoms with E-state index in [9.17, 15) is 27.6 Å². The van der Waals surface area contributed by atoms with E-state index in [1.54, 1.807) is 24.3 Å². The van der Waals surface area contributed by atoms with E-state index in [1.165, 1.54) is 11.2 Å². The van der Waals surface area contributed by atoms with Crippen LogP contribution in [0.25, 0.3) is 0 Å². The summed E-state index contributed by atoms with van der Waals surface area (Å²) in [7, 11) is -3.97. The summed E-state index contributed by atoms with van der Waals surface area (Å²) in [6.07, 6.45) is 3.09. The third kappa shape index (κ3) is 9.79. The first-order valence-corrected chi connectivity index (χ1v) is 18.5. The maximum Gasteiger partial charge on any atom is 0.280 e. The zero-order valence-electron chi connectivity index (χ0n) is 28.4. The molecular weight excluding hydrogens is 648 g/mol. The summed E-state index contributed by atoms with van der Waals surface area (Å²) in [5, 5.41) is 11.4. The van der Waals surface area contributed by atoms with Gasteiger partial charge in [0.2, 0.25) is 23.6 Å². The predicted molar refractivity (Wildman–Crippen MR) is 183 cm³/mol. The SMILES string of the molecule is CC(C)C[C@H]1COc2ccc(cc2)C[C@H](NS(=O)(=O)N2CCCC2)C(=O)N[C@H](C)C(=O)NC2(CC2)C(=O)N[C@H](Cc2ccccc2)C(=O)N1. The highest BCUT2D eigenvalue weighted by Crippen LogP contribution is 2.36. The van der Waals surface area contributed by atoms with Gasteiger partial charge in [-0.05, 0) is 74.6 Å². The fourth-order valence-corrected chi connectivity index (χ4v) is 7.62. The fourth-order valence-electron chi connectivity index (χ4n) is 6.18. The molecular formula is C35H48N6O7S. The predicted octanol–water partition coefficient (Wildman–Crippen LogP) is 1.33. The van der Waals surface area contributed by atoms with Gasteiger partial charge in [0, 0.05) is 19.5 Å². The molecule has 49 heavy (non-hydrogen) atoms. The van der Waals surface area contributed by atoms with Crippen molar-refractivity contribution in [2.45, 2.75) is 95.4 Å². The number of amides is 4. The molecule has 2 fully saturated rings. The molecule has 4 amide bonds. The minimum absolute atomic E-state index is 0.0225. The molecule has 1 saturated heterocycles. The zero-order valence-corrected chi connectivity index (χ0v) is 29.2. The molecule has 1 saturated carbocycles. The highest BCUT2D eigenvalue weighted by atomic mass is 32.2. The third-order valence-corrected chi connectivity index (χ3v) is 10.8. The molecule has 2 bridgehead atoms. The number of ether oxygens (including phenoxy) is 1. The van der Waals surface area contributed by atoms with Gasteiger partial charge in [-0.25, -0.2) is 0 Å². The monoisotopic (exact) mass is 696 g/mol. The van der Waals surface area contributed by atoms with Crippen LogP contribution in [0.3, 0.4) is 0 Å². The number of nitrogens with zero attached hydrogens (tertiary/aromatic N) is 1. The smallest absolute Gasteiger partial charge is 0.280 e. The summed E-state index contributed by atoms with van der Waals surface area (Å²) in [5.74, 6) is -1.35. The molecule has 0 aromatic heterocycles. The average molecular weight is 697 g/mol. The second kappa shape index (κ2) is 15.7. The summed E-state index contributed by atoms with van der Waals surface area (Å²) in [6.45, 7) is 6.48. The molecule has 6 rings (SSSR count). The number of benzene rings is 2. The quantitative estimate of drug-likeness (QED) is 0.272. The van der Waals surface area contributed by atoms with Gasteiger partial charge in [0.15, 0.2) is 0 Å². The first-order valence-electron chi connectivity index (χ1n) is 17.1. The summed E-state index contributed by atoms with van der Waals surface area (Å²) >= 11 is 0. The van der Waals surface area contributed by atoms with Crippen molar-refractivity contribution in [3.8, 4) is 5.75 Å². The lowest BCUT2D eigenvalue weighted by Crippen LogP contribution is -2.60. The van der Waals surface area contributed by atoms with Crippen LogP contribution in [0.5, 0.6) is 5.75 Å². The average Bonchev–Trinajstić information content (AvgIpc) is 3.61. The van der Waals surface area contributed by atoms with Crippen LogP contribution in [0.2, 0.25) is 0 Å². The molecule has 266 valence electrons. The standard InChI is InChI=1S/C35H48N6O7S/c1-23(2)19-27-22-48-28-13-11-26(12-14-28)21-30(40-49(46,47)41-17-7-8-18-41)33(44)36-24(3)31(42)39-35(15-16-35)34(45)38-29(32(43)37-27)20-25-9-5-4-6-10-25/h4-6,9-14,23-24,27,29-30,40H,7-8,15-22H2,1-3H3,(H,36,44)(H,37,43)(H,38,45)(H,39,42)/t24-,27+,29-,30+/m1/s1. The Balaban J connectivity index is 1.42. The van der Waals surface area contributed by atoms with Crippen molar-refractivity contribution in [3.63, 3.8) is 0 Å². The lowest BCUT2D eigenvalue weighted by molar-refractivity contribution is -0.134. The van der Waals surface area contributed by atoms with Crippen molar-refractivity contribution in [2.75, 3.05) is 19.7 Å². The van der Waals surface area contributed by atoms with Crippen molar-refractivity contribution in [3.05, 3.63) is 65.7 Å². The Labute approximate surface area is 288 Å². The van der Waals surface area contributed by atoms with E-state index >= 15 is 0 Å². The summed E-state index contributed by atoms with van der Waals surface area (Å²) in [6, 6.07) is 12.8. The summed E-state index contributed by atoms with van der Waals surface area (Å²) in [4.78, 5) is 54.4. The van der Waals surface area contributed by atoms with Crippen LogP contribution < -0.4 is 30.7 Å². The van der Waals surface area contributed by atoms with E-state index in [0.717, 1.165) is 18.4 Å². The van der Waals surface area contributed by atoms with Crippen LogP contribution in [0, 0.1) is 5.92 Å². The summed E-state index contributed by atoms with van der Waals surface area (Å²) in [5.41, 5.74) is 0.298. The van der Waals surface area contributed by atoms with Crippen LogP contribution in [0.15, 0.2) is 54.6 Å². The Morgan fingerprint density at radius 1 is 0.898 bits per heavy atom. The van der Waals surface area contributed by atoms with Gasteiger partial charge in [-0.1, -0.05) is 56.3 Å². The molecule has 2 aromatic rings. The Kier molecular flexibility index (Phi) is 11.6. The van der Waals surface area contributed by atoms with Crippen LogP contribution in [0.1, 0.15) is 64.0 Å². The highest BCUT2D eigenvalue weighted by Gasteiger charge is 2.52. The van der Waals surface area contributed by atoms with Crippen LogP contribution in [-0.2, 0) is 42.2 Å². The number of rotatable bonds is 7. The first kappa shape index (κ1) is 36.3. The third-order valence-electron chi connectivity index (χ3n) is 9.13. The van der Waals surface area contributed by atoms with Gasteiger partial charge < -0.3 is 26.0 Å².